The molecule has 0 aliphatic carbocycles. The lowest BCUT2D eigenvalue weighted by atomic mass is 9.83. The molecule has 0 saturated carbocycles. The van der Waals surface area contributed by atoms with Crippen LogP contribution in [-0.2, 0) is 9.59 Å². The molecular formula is C21H30ClN3O2. The molecule has 2 fully saturated rings. The molecule has 0 bridgehead atoms. The summed E-state index contributed by atoms with van der Waals surface area (Å²) in [6.07, 6.45) is 4.58. The van der Waals surface area contributed by atoms with E-state index in [0.717, 1.165) is 18.5 Å². The zero-order valence-electron chi connectivity index (χ0n) is 16.1. The first-order chi connectivity index (χ1) is 13.1. The van der Waals surface area contributed by atoms with E-state index in [9.17, 15) is 9.59 Å². The summed E-state index contributed by atoms with van der Waals surface area (Å²) in [6.45, 7) is 6.68. The van der Waals surface area contributed by atoms with Crippen molar-refractivity contribution < 1.29 is 9.59 Å². The summed E-state index contributed by atoms with van der Waals surface area (Å²) in [5.41, 5.74) is 0.978. The first kappa shape index (κ1) is 20.2. The highest BCUT2D eigenvalue weighted by Crippen LogP contribution is 2.37. The predicted octanol–water partition coefficient (Wildman–Crippen LogP) is 3.24. The van der Waals surface area contributed by atoms with E-state index in [4.69, 9.17) is 11.6 Å². The van der Waals surface area contributed by atoms with Crippen LogP contribution in [0.3, 0.4) is 0 Å². The van der Waals surface area contributed by atoms with Gasteiger partial charge in [0.2, 0.25) is 11.8 Å². The Labute approximate surface area is 167 Å². The van der Waals surface area contributed by atoms with Crippen molar-refractivity contribution in [1.82, 2.24) is 15.1 Å². The molecule has 6 heteroatoms. The molecule has 2 atom stereocenters. The highest BCUT2D eigenvalue weighted by atomic mass is 35.5. The van der Waals surface area contributed by atoms with Gasteiger partial charge in [-0.15, -0.1) is 0 Å². The number of hydrogen-bond acceptors (Lipinski definition) is 3. The highest BCUT2D eigenvalue weighted by molar-refractivity contribution is 6.30. The van der Waals surface area contributed by atoms with Gasteiger partial charge in [0.15, 0.2) is 0 Å². The van der Waals surface area contributed by atoms with Crippen molar-refractivity contribution >= 4 is 23.4 Å². The third kappa shape index (κ3) is 5.02. The number of rotatable bonds is 7. The summed E-state index contributed by atoms with van der Waals surface area (Å²) in [7, 11) is 0. The number of piperidine rings is 1. The summed E-state index contributed by atoms with van der Waals surface area (Å²) in [6, 6.07) is 7.31. The normalized spacial score (nSPS) is 23.6. The van der Waals surface area contributed by atoms with E-state index in [1.807, 2.05) is 36.1 Å². The van der Waals surface area contributed by atoms with Gasteiger partial charge < -0.3 is 15.1 Å². The van der Waals surface area contributed by atoms with Crippen LogP contribution in [0.25, 0.3) is 0 Å². The van der Waals surface area contributed by atoms with Gasteiger partial charge in [-0.25, -0.2) is 0 Å². The lowest BCUT2D eigenvalue weighted by Crippen LogP contribution is -2.48. The van der Waals surface area contributed by atoms with Gasteiger partial charge >= 0.3 is 0 Å². The molecule has 1 aromatic rings. The minimum atomic E-state index is -0.216. The fraction of sp³-hybridized carbons (Fsp3) is 0.619. The van der Waals surface area contributed by atoms with E-state index in [-0.39, 0.29) is 23.8 Å². The second-order valence-corrected chi connectivity index (χ2v) is 7.95. The Morgan fingerprint density at radius 3 is 2.59 bits per heavy atom. The molecule has 2 aliphatic rings. The van der Waals surface area contributed by atoms with Gasteiger partial charge in [0.25, 0.3) is 0 Å². The number of hydrogen-bond donors (Lipinski definition) is 1. The maximum atomic E-state index is 12.9. The van der Waals surface area contributed by atoms with Crippen molar-refractivity contribution in [3.63, 3.8) is 0 Å². The maximum Gasteiger partial charge on any atom is 0.225 e. The van der Waals surface area contributed by atoms with Crippen LogP contribution in [0.1, 0.15) is 50.6 Å². The molecule has 1 N–H and O–H groups in total. The predicted molar refractivity (Wildman–Crippen MR) is 108 cm³/mol. The number of likely N-dealkylation sites (tertiary alicyclic amines) is 2. The molecule has 0 spiro atoms. The van der Waals surface area contributed by atoms with Crippen LogP contribution in [0.5, 0.6) is 0 Å². The van der Waals surface area contributed by atoms with Crippen molar-refractivity contribution in [2.24, 2.45) is 5.92 Å². The Bertz CT molecular complexity index is 643. The molecule has 0 radical (unpaired) electrons. The van der Waals surface area contributed by atoms with Crippen LogP contribution in [0.4, 0.5) is 0 Å². The fourth-order valence-electron chi connectivity index (χ4n) is 4.32. The summed E-state index contributed by atoms with van der Waals surface area (Å²) >= 11 is 6.02. The third-order valence-corrected chi connectivity index (χ3v) is 6.00. The Hall–Kier alpha value is -1.59. The van der Waals surface area contributed by atoms with E-state index in [2.05, 4.69) is 10.2 Å². The van der Waals surface area contributed by atoms with E-state index < -0.39 is 0 Å². The van der Waals surface area contributed by atoms with Gasteiger partial charge in [-0.05, 0) is 69.9 Å². The van der Waals surface area contributed by atoms with E-state index in [0.29, 0.717) is 31.0 Å². The molecular weight excluding hydrogens is 362 g/mol. The van der Waals surface area contributed by atoms with Crippen molar-refractivity contribution in [1.29, 1.82) is 0 Å². The summed E-state index contributed by atoms with van der Waals surface area (Å²) in [5, 5.41) is 3.78. The average molecular weight is 392 g/mol. The van der Waals surface area contributed by atoms with E-state index in [1.165, 1.54) is 25.9 Å². The Balaban J connectivity index is 1.63. The molecule has 0 aromatic heterocycles. The van der Waals surface area contributed by atoms with Crippen molar-refractivity contribution in [3.05, 3.63) is 34.9 Å². The lowest BCUT2D eigenvalue weighted by molar-refractivity contribution is -0.143. The topological polar surface area (TPSA) is 52.7 Å². The van der Waals surface area contributed by atoms with Gasteiger partial charge in [0.1, 0.15) is 0 Å². The summed E-state index contributed by atoms with van der Waals surface area (Å²) in [5.74, 6) is -0.0338. The molecule has 5 nitrogen and oxygen atoms in total. The van der Waals surface area contributed by atoms with E-state index >= 15 is 0 Å². The number of carbonyl (C=O) groups excluding carboxylic acids is 2. The number of benzene rings is 1. The minimum absolute atomic E-state index is 0.0577. The van der Waals surface area contributed by atoms with Crippen LogP contribution in [0, 0.1) is 5.92 Å². The molecule has 3 rings (SSSR count). The Morgan fingerprint density at radius 1 is 1.22 bits per heavy atom. The highest BCUT2D eigenvalue weighted by Gasteiger charge is 2.39. The molecule has 0 unspecified atom stereocenters. The summed E-state index contributed by atoms with van der Waals surface area (Å²) in [4.78, 5) is 29.6. The average Bonchev–Trinajstić information content (AvgIpc) is 3.19. The second kappa shape index (κ2) is 9.56. The summed E-state index contributed by atoms with van der Waals surface area (Å²) < 4.78 is 0. The minimum Gasteiger partial charge on any atom is -0.356 e. The Morgan fingerprint density at radius 2 is 1.93 bits per heavy atom. The SMILES string of the molecule is CCN1C(=O)CC[C@@H](C(=O)NCCCN2CCCC2)[C@@H]1c1ccc(Cl)cc1. The molecule has 1 aromatic carbocycles. The van der Waals surface area contributed by atoms with Crippen molar-refractivity contribution in [2.45, 2.75) is 45.1 Å². The van der Waals surface area contributed by atoms with Crippen LogP contribution < -0.4 is 5.32 Å². The molecule has 2 amide bonds. The number of amides is 2. The van der Waals surface area contributed by atoms with Gasteiger partial charge in [-0.3, -0.25) is 9.59 Å². The smallest absolute Gasteiger partial charge is 0.225 e. The van der Waals surface area contributed by atoms with Gasteiger partial charge in [-0.1, -0.05) is 23.7 Å². The van der Waals surface area contributed by atoms with Crippen LogP contribution >= 0.6 is 11.6 Å². The fourth-order valence-corrected chi connectivity index (χ4v) is 4.45. The number of carbonyl (C=O) groups is 2. The molecule has 27 heavy (non-hydrogen) atoms. The monoisotopic (exact) mass is 391 g/mol. The van der Waals surface area contributed by atoms with Gasteiger partial charge in [0.05, 0.1) is 12.0 Å². The third-order valence-electron chi connectivity index (χ3n) is 5.74. The lowest BCUT2D eigenvalue weighted by Gasteiger charge is -2.40. The molecule has 148 valence electrons. The number of nitrogens with zero attached hydrogens (tertiary/aromatic N) is 2. The van der Waals surface area contributed by atoms with E-state index in [1.54, 1.807) is 0 Å². The second-order valence-electron chi connectivity index (χ2n) is 7.51. The molecule has 2 heterocycles. The van der Waals surface area contributed by atoms with Crippen molar-refractivity contribution in [2.75, 3.05) is 32.7 Å². The number of nitrogens with one attached hydrogen (secondary N) is 1. The van der Waals surface area contributed by atoms with Crippen LogP contribution in [-0.4, -0.2) is 54.3 Å². The quantitative estimate of drug-likeness (QED) is 0.726. The van der Waals surface area contributed by atoms with Crippen LogP contribution in [0.2, 0.25) is 5.02 Å². The standard InChI is InChI=1S/C21H30ClN3O2/c1-2-25-19(26)11-10-18(20(25)16-6-8-17(22)9-7-16)21(27)23-12-5-15-24-13-3-4-14-24/h6-9,18,20H,2-5,10-15H2,1H3,(H,23,27)/t18-,20+/m1/s1. The zero-order chi connectivity index (χ0) is 19.2. The van der Waals surface area contributed by atoms with Crippen LogP contribution in [0.15, 0.2) is 24.3 Å². The van der Waals surface area contributed by atoms with Gasteiger partial charge in [-0.2, -0.15) is 0 Å². The van der Waals surface area contributed by atoms with Crippen molar-refractivity contribution in [3.8, 4) is 0 Å². The Kier molecular flexibility index (Phi) is 7.13. The first-order valence-electron chi connectivity index (χ1n) is 10.1. The maximum absolute atomic E-state index is 12.9. The molecule has 2 aliphatic heterocycles. The largest absolute Gasteiger partial charge is 0.356 e. The zero-order valence-corrected chi connectivity index (χ0v) is 16.9. The number of halogens is 1. The molecule has 2 saturated heterocycles. The first-order valence-corrected chi connectivity index (χ1v) is 10.5. The van der Waals surface area contributed by atoms with Gasteiger partial charge in [0, 0.05) is 24.5 Å².